The molecule has 31 heavy (non-hydrogen) atoms. The third kappa shape index (κ3) is 7.42. The molecule has 0 aliphatic rings. The highest BCUT2D eigenvalue weighted by atomic mass is 16.5. The van der Waals surface area contributed by atoms with Gasteiger partial charge in [0.15, 0.2) is 6.61 Å². The minimum absolute atomic E-state index is 0.117. The normalized spacial score (nSPS) is 12.2. The zero-order valence-electron chi connectivity index (χ0n) is 19.9. The molecule has 2 aromatic carbocycles. The number of nitrogens with one attached hydrogen (secondary N) is 1. The van der Waals surface area contributed by atoms with E-state index in [4.69, 9.17) is 4.74 Å². The van der Waals surface area contributed by atoms with Crippen LogP contribution in [0.1, 0.15) is 56.4 Å². The zero-order chi connectivity index (χ0) is 23.2. The molecule has 0 aliphatic carbocycles. The van der Waals surface area contributed by atoms with Crippen LogP contribution in [-0.2, 0) is 16.1 Å². The van der Waals surface area contributed by atoms with Crippen molar-refractivity contribution in [2.24, 2.45) is 0 Å². The van der Waals surface area contributed by atoms with Crippen molar-refractivity contribution in [3.8, 4) is 5.75 Å². The lowest BCUT2D eigenvalue weighted by Crippen LogP contribution is -2.54. The monoisotopic (exact) mass is 424 g/mol. The fourth-order valence-electron chi connectivity index (χ4n) is 3.41. The summed E-state index contributed by atoms with van der Waals surface area (Å²) in [7, 11) is 0. The third-order valence-corrected chi connectivity index (χ3v) is 5.16. The van der Waals surface area contributed by atoms with Gasteiger partial charge in [0.2, 0.25) is 5.91 Å². The molecule has 0 spiro atoms. The first-order chi connectivity index (χ1) is 14.5. The van der Waals surface area contributed by atoms with Crippen LogP contribution in [-0.4, -0.2) is 34.9 Å². The van der Waals surface area contributed by atoms with Crippen molar-refractivity contribution in [2.45, 2.75) is 73.0 Å². The van der Waals surface area contributed by atoms with E-state index in [1.54, 1.807) is 4.90 Å². The van der Waals surface area contributed by atoms with Crippen molar-refractivity contribution in [1.82, 2.24) is 10.2 Å². The van der Waals surface area contributed by atoms with E-state index in [9.17, 15) is 9.59 Å². The molecular weight excluding hydrogens is 388 g/mol. The molecule has 0 radical (unpaired) electrons. The summed E-state index contributed by atoms with van der Waals surface area (Å²) in [6.45, 7) is 14.0. The topological polar surface area (TPSA) is 58.6 Å². The summed E-state index contributed by atoms with van der Waals surface area (Å²) >= 11 is 0. The molecule has 2 amide bonds. The number of ether oxygens (including phenoxy) is 1. The molecule has 0 aromatic heterocycles. The Morgan fingerprint density at radius 2 is 1.74 bits per heavy atom. The molecule has 0 bridgehead atoms. The Bertz CT molecular complexity index is 915. The van der Waals surface area contributed by atoms with Gasteiger partial charge in [-0.05, 0) is 76.8 Å². The molecule has 2 rings (SSSR count). The van der Waals surface area contributed by atoms with Crippen LogP contribution in [0.25, 0.3) is 0 Å². The van der Waals surface area contributed by atoms with E-state index >= 15 is 0 Å². The van der Waals surface area contributed by atoms with Gasteiger partial charge in [-0.2, -0.15) is 0 Å². The minimum atomic E-state index is -0.574. The molecule has 0 heterocycles. The van der Waals surface area contributed by atoms with Crippen molar-refractivity contribution >= 4 is 11.8 Å². The molecule has 168 valence electrons. The van der Waals surface area contributed by atoms with E-state index in [1.165, 1.54) is 5.56 Å². The standard InChI is InChI=1S/C26H36N2O3/c1-8-23(25(30)27-26(5,6)7)28(16-21-11-9-10-18(2)14-21)24(29)17-31-22-13-12-19(3)20(4)15-22/h9-15,23H,8,16-17H2,1-7H3,(H,27,30). The largest absolute Gasteiger partial charge is 0.484 e. The second-order valence-corrected chi connectivity index (χ2v) is 9.21. The van der Waals surface area contributed by atoms with Crippen molar-refractivity contribution in [2.75, 3.05) is 6.61 Å². The number of hydrogen-bond donors (Lipinski definition) is 1. The first kappa shape index (κ1) is 24.4. The summed E-state index contributed by atoms with van der Waals surface area (Å²) < 4.78 is 5.80. The first-order valence-corrected chi connectivity index (χ1v) is 10.9. The second kappa shape index (κ2) is 10.5. The average molecular weight is 425 g/mol. The summed E-state index contributed by atoms with van der Waals surface area (Å²) in [6.07, 6.45) is 0.517. The van der Waals surface area contributed by atoms with Gasteiger partial charge in [-0.3, -0.25) is 9.59 Å². The van der Waals surface area contributed by atoms with E-state index in [2.05, 4.69) is 5.32 Å². The molecule has 0 fully saturated rings. The maximum absolute atomic E-state index is 13.2. The molecule has 5 nitrogen and oxygen atoms in total. The molecule has 0 saturated heterocycles. The van der Waals surface area contributed by atoms with Crippen LogP contribution >= 0.6 is 0 Å². The molecule has 0 saturated carbocycles. The minimum Gasteiger partial charge on any atom is -0.484 e. The number of amides is 2. The van der Waals surface area contributed by atoms with Crippen molar-refractivity contribution in [3.05, 3.63) is 64.7 Å². The lowest BCUT2D eigenvalue weighted by atomic mass is 10.1. The maximum Gasteiger partial charge on any atom is 0.261 e. The van der Waals surface area contributed by atoms with Crippen LogP contribution in [0.15, 0.2) is 42.5 Å². The molecule has 1 atom stereocenters. The van der Waals surface area contributed by atoms with Crippen LogP contribution in [0.5, 0.6) is 5.75 Å². The molecule has 5 heteroatoms. The first-order valence-electron chi connectivity index (χ1n) is 10.9. The zero-order valence-corrected chi connectivity index (χ0v) is 19.9. The quantitative estimate of drug-likeness (QED) is 0.667. The van der Waals surface area contributed by atoms with Gasteiger partial charge < -0.3 is 15.0 Å². The molecule has 2 aromatic rings. The summed E-state index contributed by atoms with van der Waals surface area (Å²) in [4.78, 5) is 27.9. The summed E-state index contributed by atoms with van der Waals surface area (Å²) in [6, 6.07) is 13.2. The van der Waals surface area contributed by atoms with E-state index in [0.29, 0.717) is 18.7 Å². The van der Waals surface area contributed by atoms with Crippen molar-refractivity contribution in [3.63, 3.8) is 0 Å². The summed E-state index contributed by atoms with van der Waals surface area (Å²) in [5.41, 5.74) is 4.01. The Kier molecular flexibility index (Phi) is 8.26. The van der Waals surface area contributed by atoms with Crippen LogP contribution in [0.4, 0.5) is 0 Å². The number of carbonyl (C=O) groups is 2. The van der Waals surface area contributed by atoms with Gasteiger partial charge in [-0.25, -0.2) is 0 Å². The van der Waals surface area contributed by atoms with E-state index < -0.39 is 6.04 Å². The second-order valence-electron chi connectivity index (χ2n) is 9.21. The Balaban J connectivity index is 2.24. The predicted molar refractivity (Wildman–Crippen MR) is 125 cm³/mol. The fourth-order valence-corrected chi connectivity index (χ4v) is 3.41. The van der Waals surface area contributed by atoms with E-state index in [0.717, 1.165) is 16.7 Å². The highest BCUT2D eigenvalue weighted by molar-refractivity contribution is 5.88. The van der Waals surface area contributed by atoms with Gasteiger partial charge in [-0.1, -0.05) is 42.8 Å². The van der Waals surface area contributed by atoms with E-state index in [1.807, 2.05) is 90.9 Å². The summed E-state index contributed by atoms with van der Waals surface area (Å²) in [5, 5.41) is 3.02. The van der Waals surface area contributed by atoms with Crippen molar-refractivity contribution < 1.29 is 14.3 Å². The lowest BCUT2D eigenvalue weighted by Gasteiger charge is -2.33. The van der Waals surface area contributed by atoms with Gasteiger partial charge in [0.05, 0.1) is 0 Å². The van der Waals surface area contributed by atoms with Crippen LogP contribution in [0, 0.1) is 20.8 Å². The SMILES string of the molecule is CCC(C(=O)NC(C)(C)C)N(Cc1cccc(C)c1)C(=O)COc1ccc(C)c(C)c1. The maximum atomic E-state index is 13.2. The highest BCUT2D eigenvalue weighted by Gasteiger charge is 2.30. The van der Waals surface area contributed by atoms with Gasteiger partial charge in [0.25, 0.3) is 5.91 Å². The van der Waals surface area contributed by atoms with Gasteiger partial charge in [-0.15, -0.1) is 0 Å². The number of aryl methyl sites for hydroxylation is 3. The Labute approximate surface area is 186 Å². The predicted octanol–water partition coefficient (Wildman–Crippen LogP) is 4.71. The molecule has 1 unspecified atom stereocenters. The molecular formula is C26H36N2O3. The van der Waals surface area contributed by atoms with Gasteiger partial charge in [0, 0.05) is 12.1 Å². The van der Waals surface area contributed by atoms with Crippen molar-refractivity contribution in [1.29, 1.82) is 0 Å². The number of hydrogen-bond acceptors (Lipinski definition) is 3. The number of rotatable bonds is 8. The van der Waals surface area contributed by atoms with Crippen LogP contribution < -0.4 is 10.1 Å². The smallest absolute Gasteiger partial charge is 0.261 e. The number of nitrogens with zero attached hydrogens (tertiary/aromatic N) is 1. The van der Waals surface area contributed by atoms with Gasteiger partial charge >= 0.3 is 0 Å². The van der Waals surface area contributed by atoms with E-state index in [-0.39, 0.29) is 24.0 Å². The number of carbonyl (C=O) groups excluding carboxylic acids is 2. The summed E-state index contributed by atoms with van der Waals surface area (Å²) in [5.74, 6) is 0.289. The Hall–Kier alpha value is -2.82. The lowest BCUT2D eigenvalue weighted by molar-refractivity contribution is -0.143. The fraction of sp³-hybridized carbons (Fsp3) is 0.462. The third-order valence-electron chi connectivity index (χ3n) is 5.16. The van der Waals surface area contributed by atoms with Crippen LogP contribution in [0.2, 0.25) is 0 Å². The Morgan fingerprint density at radius 3 is 2.32 bits per heavy atom. The Morgan fingerprint density at radius 1 is 1.03 bits per heavy atom. The highest BCUT2D eigenvalue weighted by Crippen LogP contribution is 2.18. The average Bonchev–Trinajstić information content (AvgIpc) is 2.67. The van der Waals surface area contributed by atoms with Gasteiger partial charge in [0.1, 0.15) is 11.8 Å². The molecule has 0 aliphatic heterocycles. The van der Waals surface area contributed by atoms with Crippen LogP contribution in [0.3, 0.4) is 0 Å². The molecule has 1 N–H and O–H groups in total. The number of benzene rings is 2.